The molecule has 1 aromatic carbocycles. The van der Waals surface area contributed by atoms with Crippen molar-refractivity contribution in [2.75, 3.05) is 26.9 Å². The lowest BCUT2D eigenvalue weighted by atomic mass is 9.86. The lowest BCUT2D eigenvalue weighted by molar-refractivity contribution is -0.151. The smallest absolute Gasteiger partial charge is 0.323 e. The molecule has 1 fully saturated rings. The Morgan fingerprint density at radius 3 is 3.05 bits per heavy atom. The van der Waals surface area contributed by atoms with Crippen molar-refractivity contribution in [3.63, 3.8) is 0 Å². The molecule has 0 aromatic heterocycles. The summed E-state index contributed by atoms with van der Waals surface area (Å²) in [4.78, 5) is 13.5. The summed E-state index contributed by atoms with van der Waals surface area (Å²) in [6, 6.07) is 5.95. The van der Waals surface area contributed by atoms with Crippen molar-refractivity contribution in [2.24, 2.45) is 0 Å². The zero-order valence-corrected chi connectivity index (χ0v) is 12.2. The fraction of sp³-hybridized carbons (Fsp3) is 0.562. The minimum Gasteiger partial charge on any atom is -0.497 e. The maximum Gasteiger partial charge on any atom is 0.323 e. The molecule has 1 aliphatic heterocycles. The fourth-order valence-corrected chi connectivity index (χ4v) is 3.39. The molecule has 0 amide bonds. The molecule has 1 saturated heterocycles. The van der Waals surface area contributed by atoms with Gasteiger partial charge in [0.15, 0.2) is 0 Å². The van der Waals surface area contributed by atoms with E-state index in [4.69, 9.17) is 9.47 Å². The minimum absolute atomic E-state index is 0.273. The van der Waals surface area contributed by atoms with E-state index in [-0.39, 0.29) is 12.6 Å². The Kier molecular flexibility index (Phi) is 4.12. The Labute approximate surface area is 124 Å². The Bertz CT molecular complexity index is 531. The largest absolute Gasteiger partial charge is 0.497 e. The molecular weight excluding hydrogens is 270 g/mol. The highest BCUT2D eigenvalue weighted by Gasteiger charge is 2.35. The number of fused-ring (bicyclic) bond motifs is 1. The Morgan fingerprint density at radius 2 is 2.29 bits per heavy atom. The molecule has 0 bridgehead atoms. The van der Waals surface area contributed by atoms with E-state index >= 15 is 0 Å². The topological polar surface area (TPSA) is 59.0 Å². The molecule has 21 heavy (non-hydrogen) atoms. The van der Waals surface area contributed by atoms with Crippen molar-refractivity contribution < 1.29 is 19.4 Å². The second kappa shape index (κ2) is 6.03. The quantitative estimate of drug-likeness (QED) is 0.910. The van der Waals surface area contributed by atoms with Crippen LogP contribution in [0, 0.1) is 0 Å². The van der Waals surface area contributed by atoms with Crippen molar-refractivity contribution in [1.29, 1.82) is 0 Å². The number of nitrogens with zero attached hydrogens (tertiary/aromatic N) is 1. The van der Waals surface area contributed by atoms with Crippen LogP contribution in [-0.2, 0) is 22.4 Å². The zero-order valence-electron chi connectivity index (χ0n) is 12.2. The molecular formula is C16H21NO4. The maximum absolute atomic E-state index is 11.4. The van der Waals surface area contributed by atoms with E-state index in [0.717, 1.165) is 25.0 Å². The molecule has 1 aliphatic carbocycles. The Morgan fingerprint density at radius 1 is 1.43 bits per heavy atom. The van der Waals surface area contributed by atoms with Gasteiger partial charge in [-0.05, 0) is 42.5 Å². The number of aryl methyl sites for hydroxylation is 1. The van der Waals surface area contributed by atoms with Gasteiger partial charge in [-0.15, -0.1) is 0 Å². The molecule has 0 saturated carbocycles. The SMILES string of the molecule is COc1ccc2c(c1)CC(N1CCOCC1C(=O)O)CC2. The highest BCUT2D eigenvalue weighted by atomic mass is 16.5. The Hall–Kier alpha value is -1.59. The first-order valence-corrected chi connectivity index (χ1v) is 7.41. The third-order valence-corrected chi connectivity index (χ3v) is 4.54. The average Bonchev–Trinajstić information content (AvgIpc) is 2.53. The van der Waals surface area contributed by atoms with E-state index in [1.54, 1.807) is 7.11 Å². The highest BCUT2D eigenvalue weighted by Crippen LogP contribution is 2.29. The molecule has 3 rings (SSSR count). The van der Waals surface area contributed by atoms with Crippen LogP contribution >= 0.6 is 0 Å². The van der Waals surface area contributed by atoms with Crippen LogP contribution in [0.1, 0.15) is 17.5 Å². The van der Waals surface area contributed by atoms with Gasteiger partial charge in [-0.25, -0.2) is 0 Å². The molecule has 2 aliphatic rings. The first-order valence-electron chi connectivity index (χ1n) is 7.41. The number of carbonyl (C=O) groups is 1. The summed E-state index contributed by atoms with van der Waals surface area (Å²) in [6.45, 7) is 1.60. The van der Waals surface area contributed by atoms with E-state index in [1.807, 2.05) is 6.07 Å². The molecule has 2 atom stereocenters. The number of benzene rings is 1. The first kappa shape index (κ1) is 14.4. The number of morpholine rings is 1. The number of hydrogen-bond donors (Lipinski definition) is 1. The lowest BCUT2D eigenvalue weighted by Gasteiger charge is -2.41. The number of methoxy groups -OCH3 is 1. The molecule has 1 N–H and O–H groups in total. The number of rotatable bonds is 3. The molecule has 2 unspecified atom stereocenters. The van der Waals surface area contributed by atoms with Gasteiger partial charge in [-0.2, -0.15) is 0 Å². The minimum atomic E-state index is -0.786. The van der Waals surface area contributed by atoms with Crippen LogP contribution in [0.2, 0.25) is 0 Å². The van der Waals surface area contributed by atoms with Crippen LogP contribution in [0.25, 0.3) is 0 Å². The molecule has 114 valence electrons. The predicted molar refractivity (Wildman–Crippen MR) is 77.8 cm³/mol. The summed E-state index contributed by atoms with van der Waals surface area (Å²) in [5, 5.41) is 9.38. The van der Waals surface area contributed by atoms with Gasteiger partial charge in [0.2, 0.25) is 0 Å². The molecule has 5 heteroatoms. The van der Waals surface area contributed by atoms with Crippen LogP contribution in [0.3, 0.4) is 0 Å². The van der Waals surface area contributed by atoms with Crippen LogP contribution in [0.15, 0.2) is 18.2 Å². The van der Waals surface area contributed by atoms with Crippen molar-refractivity contribution in [3.8, 4) is 5.75 Å². The third kappa shape index (κ3) is 2.89. The Balaban J connectivity index is 1.79. The van der Waals surface area contributed by atoms with Gasteiger partial charge < -0.3 is 14.6 Å². The average molecular weight is 291 g/mol. The van der Waals surface area contributed by atoms with Gasteiger partial charge in [0.25, 0.3) is 0 Å². The summed E-state index contributed by atoms with van der Waals surface area (Å²) in [5.74, 6) is 0.0808. The molecule has 1 heterocycles. The second-order valence-electron chi connectivity index (χ2n) is 5.70. The van der Waals surface area contributed by atoms with Gasteiger partial charge in [-0.1, -0.05) is 6.07 Å². The monoisotopic (exact) mass is 291 g/mol. The van der Waals surface area contributed by atoms with E-state index in [1.165, 1.54) is 11.1 Å². The second-order valence-corrected chi connectivity index (χ2v) is 5.70. The maximum atomic E-state index is 11.4. The first-order chi connectivity index (χ1) is 10.2. The van der Waals surface area contributed by atoms with Crippen LogP contribution in [0.5, 0.6) is 5.75 Å². The number of aliphatic carboxylic acids is 1. The number of ether oxygens (including phenoxy) is 2. The van der Waals surface area contributed by atoms with Crippen LogP contribution < -0.4 is 4.74 Å². The molecule has 0 spiro atoms. The number of hydrogen-bond acceptors (Lipinski definition) is 4. The van der Waals surface area contributed by atoms with E-state index in [0.29, 0.717) is 13.2 Å². The van der Waals surface area contributed by atoms with Crippen LogP contribution in [0.4, 0.5) is 0 Å². The van der Waals surface area contributed by atoms with Crippen LogP contribution in [-0.4, -0.2) is 54.9 Å². The normalized spacial score (nSPS) is 26.1. The summed E-state index contributed by atoms with van der Waals surface area (Å²) in [6.07, 6.45) is 2.88. The van der Waals surface area contributed by atoms with Crippen molar-refractivity contribution in [1.82, 2.24) is 4.90 Å². The summed E-state index contributed by atoms with van der Waals surface area (Å²) < 4.78 is 10.6. The molecule has 0 radical (unpaired) electrons. The van der Waals surface area contributed by atoms with Crippen molar-refractivity contribution in [2.45, 2.75) is 31.3 Å². The lowest BCUT2D eigenvalue weighted by Crippen LogP contribution is -2.55. The molecule has 5 nitrogen and oxygen atoms in total. The van der Waals surface area contributed by atoms with E-state index in [9.17, 15) is 9.90 Å². The van der Waals surface area contributed by atoms with E-state index < -0.39 is 12.0 Å². The van der Waals surface area contributed by atoms with Gasteiger partial charge in [-0.3, -0.25) is 9.69 Å². The van der Waals surface area contributed by atoms with Crippen molar-refractivity contribution >= 4 is 5.97 Å². The summed E-state index contributed by atoms with van der Waals surface area (Å²) >= 11 is 0. The highest BCUT2D eigenvalue weighted by molar-refractivity contribution is 5.73. The van der Waals surface area contributed by atoms with Gasteiger partial charge in [0.05, 0.1) is 20.3 Å². The van der Waals surface area contributed by atoms with Crippen molar-refractivity contribution in [3.05, 3.63) is 29.3 Å². The van der Waals surface area contributed by atoms with Gasteiger partial charge in [0.1, 0.15) is 11.8 Å². The van der Waals surface area contributed by atoms with E-state index in [2.05, 4.69) is 17.0 Å². The zero-order chi connectivity index (χ0) is 14.8. The standard InChI is InChI=1S/C16H21NO4/c1-20-14-5-3-11-2-4-13(8-12(11)9-14)17-6-7-21-10-15(17)16(18)19/h3,5,9,13,15H,2,4,6-8,10H2,1H3,(H,18,19). The fourth-order valence-electron chi connectivity index (χ4n) is 3.39. The predicted octanol–water partition coefficient (Wildman–Crippen LogP) is 1.34. The van der Waals surface area contributed by atoms with Gasteiger partial charge >= 0.3 is 5.97 Å². The number of carboxylic acids is 1. The van der Waals surface area contributed by atoms with Gasteiger partial charge in [0, 0.05) is 12.6 Å². The summed E-state index contributed by atoms with van der Waals surface area (Å²) in [7, 11) is 1.67. The number of carboxylic acid groups (broad SMARTS) is 1. The summed E-state index contributed by atoms with van der Waals surface area (Å²) in [5.41, 5.74) is 2.63. The molecule has 1 aromatic rings. The third-order valence-electron chi connectivity index (χ3n) is 4.54.